The number of amides is 1. The van der Waals surface area contributed by atoms with Crippen molar-refractivity contribution in [3.63, 3.8) is 0 Å². The van der Waals surface area contributed by atoms with E-state index in [9.17, 15) is 4.79 Å². The molecule has 0 radical (unpaired) electrons. The summed E-state index contributed by atoms with van der Waals surface area (Å²) >= 11 is 0. The first-order valence-corrected chi connectivity index (χ1v) is 6.42. The number of hydrazine groups is 1. The van der Waals surface area contributed by atoms with Gasteiger partial charge in [-0.3, -0.25) is 15.6 Å². The first kappa shape index (κ1) is 12.8. The number of hydrogen-bond acceptors (Lipinski definition) is 4. The molecule has 0 aliphatic carbocycles. The van der Waals surface area contributed by atoms with Crippen molar-refractivity contribution < 1.29 is 4.79 Å². The van der Waals surface area contributed by atoms with E-state index in [1.807, 2.05) is 4.90 Å². The summed E-state index contributed by atoms with van der Waals surface area (Å²) in [4.78, 5) is 18.3. The summed E-state index contributed by atoms with van der Waals surface area (Å²) in [7, 11) is 0. The topological polar surface area (TPSA) is 71.2 Å². The molecule has 0 aromatic carbocycles. The predicted octanol–water partition coefficient (Wildman–Crippen LogP) is 1.63. The van der Waals surface area contributed by atoms with Crippen LogP contribution in [-0.2, 0) is 0 Å². The number of carbonyl (C=O) groups excluding carboxylic acids is 1. The Labute approximate surface area is 107 Å². The lowest BCUT2D eigenvalue weighted by atomic mass is 10.0. The van der Waals surface area contributed by atoms with Crippen molar-refractivity contribution in [3.8, 4) is 0 Å². The number of nitrogen functional groups attached to an aromatic ring is 1. The van der Waals surface area contributed by atoms with Gasteiger partial charge < -0.3 is 10.3 Å². The van der Waals surface area contributed by atoms with Crippen molar-refractivity contribution in [1.29, 1.82) is 0 Å². The molecule has 0 saturated carbocycles. The molecule has 18 heavy (non-hydrogen) atoms. The van der Waals surface area contributed by atoms with Crippen molar-refractivity contribution in [1.82, 2.24) is 9.88 Å². The van der Waals surface area contributed by atoms with Gasteiger partial charge in [0.05, 0.1) is 11.3 Å². The van der Waals surface area contributed by atoms with Crippen LogP contribution in [0.3, 0.4) is 0 Å². The van der Waals surface area contributed by atoms with Crippen LogP contribution < -0.4 is 11.3 Å². The van der Waals surface area contributed by atoms with E-state index in [0.29, 0.717) is 17.2 Å². The van der Waals surface area contributed by atoms with Crippen molar-refractivity contribution in [3.05, 3.63) is 24.0 Å². The molecule has 1 amide bonds. The molecule has 0 bridgehead atoms. The lowest BCUT2D eigenvalue weighted by Crippen LogP contribution is -2.32. The Morgan fingerprint density at radius 2 is 2.33 bits per heavy atom. The predicted molar refractivity (Wildman–Crippen MR) is 71.0 cm³/mol. The molecule has 5 heteroatoms. The van der Waals surface area contributed by atoms with E-state index in [1.54, 1.807) is 18.5 Å². The van der Waals surface area contributed by atoms with Gasteiger partial charge >= 0.3 is 0 Å². The Bertz CT molecular complexity index is 421. The normalized spacial score (nSPS) is 20.3. The van der Waals surface area contributed by atoms with Crippen LogP contribution in [0.15, 0.2) is 18.5 Å². The van der Waals surface area contributed by atoms with Gasteiger partial charge in [0, 0.05) is 25.5 Å². The summed E-state index contributed by atoms with van der Waals surface area (Å²) in [5.41, 5.74) is 3.73. The molecule has 3 N–H and O–H groups in total. The van der Waals surface area contributed by atoms with Crippen LogP contribution in [0.25, 0.3) is 0 Å². The molecular weight excluding hydrogens is 228 g/mol. The van der Waals surface area contributed by atoms with Crippen LogP contribution in [0, 0.1) is 5.92 Å². The average Bonchev–Trinajstić information content (AvgIpc) is 2.62. The maximum Gasteiger partial charge on any atom is 0.257 e. The summed E-state index contributed by atoms with van der Waals surface area (Å²) in [6.07, 6.45) is 6.52. The van der Waals surface area contributed by atoms with E-state index in [-0.39, 0.29) is 5.91 Å². The molecule has 1 aliphatic rings. The third-order valence-corrected chi connectivity index (χ3v) is 3.51. The second-order valence-electron chi connectivity index (χ2n) is 4.89. The van der Waals surface area contributed by atoms with Gasteiger partial charge in [-0.1, -0.05) is 6.92 Å². The molecule has 2 heterocycles. The molecular formula is C13H20N4O. The van der Waals surface area contributed by atoms with Crippen LogP contribution >= 0.6 is 0 Å². The highest BCUT2D eigenvalue weighted by molar-refractivity contribution is 5.99. The molecule has 98 valence electrons. The fourth-order valence-electron chi connectivity index (χ4n) is 2.33. The Kier molecular flexibility index (Phi) is 4.15. The number of nitrogens with two attached hydrogens (primary N) is 1. The van der Waals surface area contributed by atoms with Gasteiger partial charge in [-0.25, -0.2) is 0 Å². The molecule has 1 unspecified atom stereocenters. The first-order valence-electron chi connectivity index (χ1n) is 6.42. The van der Waals surface area contributed by atoms with Crippen LogP contribution in [0.4, 0.5) is 5.69 Å². The third kappa shape index (κ3) is 2.79. The summed E-state index contributed by atoms with van der Waals surface area (Å²) in [5.74, 6) is 6.14. The Morgan fingerprint density at radius 3 is 3.11 bits per heavy atom. The zero-order chi connectivity index (χ0) is 13.0. The Morgan fingerprint density at radius 1 is 1.50 bits per heavy atom. The number of likely N-dealkylation sites (tertiary alicyclic amines) is 1. The molecule has 0 spiro atoms. The molecule has 1 aromatic rings. The van der Waals surface area contributed by atoms with Gasteiger partial charge in [0.25, 0.3) is 5.91 Å². The summed E-state index contributed by atoms with van der Waals surface area (Å²) in [5, 5.41) is 0. The van der Waals surface area contributed by atoms with Gasteiger partial charge in [0.1, 0.15) is 0 Å². The van der Waals surface area contributed by atoms with Gasteiger partial charge in [-0.15, -0.1) is 0 Å². The highest BCUT2D eigenvalue weighted by Crippen LogP contribution is 2.20. The second kappa shape index (κ2) is 5.82. The van der Waals surface area contributed by atoms with Crippen molar-refractivity contribution in [2.45, 2.75) is 26.2 Å². The maximum atomic E-state index is 12.4. The fourth-order valence-corrected chi connectivity index (χ4v) is 2.33. The first-order chi connectivity index (χ1) is 8.72. The highest BCUT2D eigenvalue weighted by atomic mass is 16.2. The molecule has 1 aliphatic heterocycles. The third-order valence-electron chi connectivity index (χ3n) is 3.51. The quantitative estimate of drug-likeness (QED) is 0.616. The fraction of sp³-hybridized carbons (Fsp3) is 0.538. The minimum absolute atomic E-state index is 0.0187. The molecule has 1 saturated heterocycles. The largest absolute Gasteiger partial charge is 0.339 e. The van der Waals surface area contributed by atoms with Gasteiger partial charge in [0.15, 0.2) is 0 Å². The monoisotopic (exact) mass is 248 g/mol. The summed E-state index contributed by atoms with van der Waals surface area (Å²) in [6, 6.07) is 1.72. The van der Waals surface area contributed by atoms with Gasteiger partial charge in [-0.05, 0) is 31.2 Å². The number of carbonyl (C=O) groups is 1. The number of nitrogens with one attached hydrogen (secondary N) is 1. The number of pyridine rings is 1. The van der Waals surface area contributed by atoms with E-state index in [0.717, 1.165) is 25.9 Å². The zero-order valence-corrected chi connectivity index (χ0v) is 10.7. The van der Waals surface area contributed by atoms with Gasteiger partial charge in [0.2, 0.25) is 0 Å². The highest BCUT2D eigenvalue weighted by Gasteiger charge is 2.21. The van der Waals surface area contributed by atoms with E-state index in [2.05, 4.69) is 17.3 Å². The van der Waals surface area contributed by atoms with E-state index in [1.165, 1.54) is 6.42 Å². The van der Waals surface area contributed by atoms with Crippen molar-refractivity contribution in [2.24, 2.45) is 11.8 Å². The summed E-state index contributed by atoms with van der Waals surface area (Å²) < 4.78 is 0. The maximum absolute atomic E-state index is 12.4. The molecule has 1 atom stereocenters. The van der Waals surface area contributed by atoms with Crippen LogP contribution in [0.5, 0.6) is 0 Å². The van der Waals surface area contributed by atoms with Gasteiger partial charge in [-0.2, -0.15) is 0 Å². The number of aromatic nitrogens is 1. The van der Waals surface area contributed by atoms with Crippen LogP contribution in [-0.4, -0.2) is 28.9 Å². The lowest BCUT2D eigenvalue weighted by molar-refractivity contribution is 0.0761. The van der Waals surface area contributed by atoms with Crippen LogP contribution in [0.1, 0.15) is 36.5 Å². The second-order valence-corrected chi connectivity index (χ2v) is 4.89. The Hall–Kier alpha value is -1.62. The molecule has 1 fully saturated rings. The minimum Gasteiger partial charge on any atom is -0.339 e. The van der Waals surface area contributed by atoms with Crippen molar-refractivity contribution >= 4 is 11.6 Å². The molecule has 2 rings (SSSR count). The number of rotatable bonds is 2. The Balaban J connectivity index is 2.15. The lowest BCUT2D eigenvalue weighted by Gasteiger charge is -2.21. The number of hydrogen-bond donors (Lipinski definition) is 2. The smallest absolute Gasteiger partial charge is 0.257 e. The zero-order valence-electron chi connectivity index (χ0n) is 10.7. The van der Waals surface area contributed by atoms with Crippen molar-refractivity contribution in [2.75, 3.05) is 18.5 Å². The van der Waals surface area contributed by atoms with E-state index < -0.39 is 0 Å². The molecule has 1 aromatic heterocycles. The standard InChI is InChI=1S/C13H20N4O/c1-10-3-2-7-17(8-5-10)13(18)11-9-15-6-4-12(11)16-14/h4,6,9-10H,2-3,5,7-8,14H2,1H3,(H,15,16). The average molecular weight is 248 g/mol. The SMILES string of the molecule is CC1CCCN(C(=O)c2cnccc2NN)CC1. The van der Waals surface area contributed by atoms with E-state index >= 15 is 0 Å². The molecule has 5 nitrogen and oxygen atoms in total. The number of anilines is 1. The van der Waals surface area contributed by atoms with Crippen LogP contribution in [0.2, 0.25) is 0 Å². The van der Waals surface area contributed by atoms with E-state index in [4.69, 9.17) is 5.84 Å². The minimum atomic E-state index is 0.0187. The number of nitrogens with zero attached hydrogens (tertiary/aromatic N) is 2. The summed E-state index contributed by atoms with van der Waals surface area (Å²) in [6.45, 7) is 3.88.